The van der Waals surface area contributed by atoms with E-state index in [0.29, 0.717) is 0 Å². The number of hydrogen-bond acceptors (Lipinski definition) is 1. The zero-order valence-electron chi connectivity index (χ0n) is 6.09. The third-order valence-corrected chi connectivity index (χ3v) is 2.27. The van der Waals surface area contributed by atoms with Crippen LogP contribution in [0.1, 0.15) is 13.8 Å². The van der Waals surface area contributed by atoms with E-state index < -0.39 is 5.97 Å². The highest BCUT2D eigenvalue weighted by Gasteiger charge is 2.61. The lowest BCUT2D eigenvalue weighted by molar-refractivity contribution is -0.139. The minimum atomic E-state index is -0.770. The van der Waals surface area contributed by atoms with Crippen molar-refractivity contribution in [3.05, 3.63) is 0 Å². The van der Waals surface area contributed by atoms with Crippen molar-refractivity contribution in [3.8, 4) is 12.3 Å². The first-order valence-corrected chi connectivity index (χ1v) is 3.20. The van der Waals surface area contributed by atoms with Gasteiger partial charge in [0.15, 0.2) is 0 Å². The first kappa shape index (κ1) is 7.14. The predicted molar refractivity (Wildman–Crippen MR) is 37.2 cm³/mol. The lowest BCUT2D eigenvalue weighted by atomic mass is 10.1. The predicted octanol–water partition coefficient (Wildman–Crippen LogP) is 0.976. The van der Waals surface area contributed by atoms with E-state index in [1.165, 1.54) is 0 Å². The Balaban J connectivity index is 2.73. The lowest BCUT2D eigenvalue weighted by Crippen LogP contribution is -2.02. The maximum absolute atomic E-state index is 10.5. The van der Waals surface area contributed by atoms with Crippen molar-refractivity contribution in [1.82, 2.24) is 0 Å². The number of carbonyl (C=O) groups is 1. The number of hydrogen-bond donors (Lipinski definition) is 1. The molecule has 0 bridgehead atoms. The van der Waals surface area contributed by atoms with Crippen molar-refractivity contribution in [2.75, 3.05) is 0 Å². The second kappa shape index (κ2) is 1.76. The van der Waals surface area contributed by atoms with Gasteiger partial charge in [0.2, 0.25) is 0 Å². The largest absolute Gasteiger partial charge is 0.481 e. The van der Waals surface area contributed by atoms with Gasteiger partial charge in [-0.2, -0.15) is 0 Å². The summed E-state index contributed by atoms with van der Waals surface area (Å²) in [6.07, 6.45) is 5.12. The van der Waals surface area contributed by atoms with Crippen molar-refractivity contribution in [1.29, 1.82) is 0 Å². The molecule has 0 aromatic heterocycles. The second-order valence-electron chi connectivity index (χ2n) is 3.28. The standard InChI is InChI=1S/C8H10O2/c1-4-5-6(7(9)10)8(5,2)3/h1,5-6H,2-3H3,(H,9,10). The van der Waals surface area contributed by atoms with Crippen LogP contribution in [0.4, 0.5) is 0 Å². The van der Waals surface area contributed by atoms with Gasteiger partial charge in [-0.1, -0.05) is 13.8 Å². The Kier molecular flexibility index (Phi) is 1.25. The van der Waals surface area contributed by atoms with Gasteiger partial charge in [0.25, 0.3) is 0 Å². The van der Waals surface area contributed by atoms with Gasteiger partial charge in [-0.15, -0.1) is 12.3 Å². The molecule has 2 nitrogen and oxygen atoms in total. The fourth-order valence-corrected chi connectivity index (χ4v) is 1.41. The summed E-state index contributed by atoms with van der Waals surface area (Å²) in [6.45, 7) is 3.77. The number of carboxylic acids is 1. The topological polar surface area (TPSA) is 37.3 Å². The Hall–Kier alpha value is -0.970. The van der Waals surface area contributed by atoms with Crippen LogP contribution in [-0.4, -0.2) is 11.1 Å². The number of carboxylic acid groups (broad SMARTS) is 1. The van der Waals surface area contributed by atoms with Crippen LogP contribution in [0.5, 0.6) is 0 Å². The van der Waals surface area contributed by atoms with E-state index in [4.69, 9.17) is 11.5 Å². The van der Waals surface area contributed by atoms with Crippen LogP contribution < -0.4 is 0 Å². The Morgan fingerprint density at radius 3 is 2.30 bits per heavy atom. The highest BCUT2D eigenvalue weighted by molar-refractivity contribution is 5.76. The van der Waals surface area contributed by atoms with Crippen LogP contribution in [-0.2, 0) is 4.79 Å². The van der Waals surface area contributed by atoms with E-state index in [0.717, 1.165) is 0 Å². The van der Waals surface area contributed by atoms with E-state index in [2.05, 4.69) is 5.92 Å². The zero-order valence-corrected chi connectivity index (χ0v) is 6.09. The average molecular weight is 138 g/mol. The normalized spacial score (nSPS) is 34.5. The van der Waals surface area contributed by atoms with Gasteiger partial charge >= 0.3 is 5.97 Å². The van der Waals surface area contributed by atoms with E-state index in [1.54, 1.807) is 0 Å². The number of aliphatic carboxylic acids is 1. The third-order valence-electron chi connectivity index (χ3n) is 2.27. The highest BCUT2D eigenvalue weighted by atomic mass is 16.4. The Bertz CT molecular complexity index is 210. The average Bonchev–Trinajstić information content (AvgIpc) is 2.33. The first-order valence-electron chi connectivity index (χ1n) is 3.20. The molecule has 0 saturated heterocycles. The molecule has 1 fully saturated rings. The SMILES string of the molecule is C#CC1C(C(=O)O)C1(C)C. The minimum absolute atomic E-state index is 0.0648. The molecule has 2 unspecified atom stereocenters. The van der Waals surface area contributed by atoms with Crippen molar-refractivity contribution in [3.63, 3.8) is 0 Å². The monoisotopic (exact) mass is 138 g/mol. The number of rotatable bonds is 1. The molecular weight excluding hydrogens is 128 g/mol. The first-order chi connectivity index (χ1) is 4.51. The van der Waals surface area contributed by atoms with Gasteiger partial charge in [0, 0.05) is 5.92 Å². The van der Waals surface area contributed by atoms with Crippen molar-refractivity contribution in [2.24, 2.45) is 17.3 Å². The lowest BCUT2D eigenvalue weighted by Gasteiger charge is -1.94. The van der Waals surface area contributed by atoms with Gasteiger partial charge in [0.1, 0.15) is 0 Å². The Morgan fingerprint density at radius 1 is 1.70 bits per heavy atom. The molecular formula is C8H10O2. The molecule has 1 N–H and O–H groups in total. The van der Waals surface area contributed by atoms with E-state index in [1.807, 2.05) is 13.8 Å². The van der Waals surface area contributed by atoms with Gasteiger partial charge in [-0.05, 0) is 5.41 Å². The summed E-state index contributed by atoms with van der Waals surface area (Å²) < 4.78 is 0. The molecule has 10 heavy (non-hydrogen) atoms. The van der Waals surface area contributed by atoms with E-state index in [9.17, 15) is 4.79 Å². The molecule has 1 rings (SSSR count). The van der Waals surface area contributed by atoms with Crippen LogP contribution in [0.15, 0.2) is 0 Å². The summed E-state index contributed by atoms with van der Waals surface area (Å²) in [4.78, 5) is 10.5. The van der Waals surface area contributed by atoms with Crippen molar-refractivity contribution >= 4 is 5.97 Å². The summed E-state index contributed by atoms with van der Waals surface area (Å²) >= 11 is 0. The molecule has 0 aromatic carbocycles. The van der Waals surface area contributed by atoms with Crippen molar-refractivity contribution < 1.29 is 9.90 Å². The molecule has 0 aromatic rings. The van der Waals surface area contributed by atoms with Crippen LogP contribution in [0, 0.1) is 29.6 Å². The Morgan fingerprint density at radius 2 is 2.20 bits per heavy atom. The molecule has 0 radical (unpaired) electrons. The molecule has 54 valence electrons. The fourth-order valence-electron chi connectivity index (χ4n) is 1.41. The van der Waals surface area contributed by atoms with Crippen LogP contribution >= 0.6 is 0 Å². The second-order valence-corrected chi connectivity index (χ2v) is 3.28. The minimum Gasteiger partial charge on any atom is -0.481 e. The molecule has 1 saturated carbocycles. The highest BCUT2D eigenvalue weighted by Crippen LogP contribution is 2.57. The van der Waals surface area contributed by atoms with Gasteiger partial charge < -0.3 is 5.11 Å². The van der Waals surface area contributed by atoms with Gasteiger partial charge in [0.05, 0.1) is 5.92 Å². The molecule has 2 atom stereocenters. The Labute approximate surface area is 60.2 Å². The quantitative estimate of drug-likeness (QED) is 0.548. The molecule has 0 spiro atoms. The zero-order chi connectivity index (χ0) is 7.94. The summed E-state index contributed by atoms with van der Waals surface area (Å²) in [7, 11) is 0. The maximum atomic E-state index is 10.5. The van der Waals surface area contributed by atoms with Crippen LogP contribution in [0.3, 0.4) is 0 Å². The fraction of sp³-hybridized carbons (Fsp3) is 0.625. The summed E-state index contributed by atoms with van der Waals surface area (Å²) in [5.41, 5.74) is -0.180. The molecule has 0 heterocycles. The third kappa shape index (κ3) is 0.706. The smallest absolute Gasteiger partial charge is 0.308 e. The summed E-state index contributed by atoms with van der Waals surface area (Å²) in [5.74, 6) is 1.32. The van der Waals surface area contributed by atoms with Crippen LogP contribution in [0.25, 0.3) is 0 Å². The molecule has 0 aliphatic heterocycles. The maximum Gasteiger partial charge on any atom is 0.308 e. The molecule has 0 amide bonds. The van der Waals surface area contributed by atoms with E-state index in [-0.39, 0.29) is 17.3 Å². The van der Waals surface area contributed by atoms with Crippen molar-refractivity contribution in [2.45, 2.75) is 13.8 Å². The molecule has 1 aliphatic rings. The number of terminal acetylenes is 1. The van der Waals surface area contributed by atoms with Crippen LogP contribution in [0.2, 0.25) is 0 Å². The summed E-state index contributed by atoms with van der Waals surface area (Å²) in [5, 5.41) is 8.59. The summed E-state index contributed by atoms with van der Waals surface area (Å²) in [6, 6.07) is 0. The van der Waals surface area contributed by atoms with Gasteiger partial charge in [-0.25, -0.2) is 0 Å². The van der Waals surface area contributed by atoms with E-state index >= 15 is 0 Å². The molecule has 2 heteroatoms. The van der Waals surface area contributed by atoms with Gasteiger partial charge in [-0.3, -0.25) is 4.79 Å². The molecule has 1 aliphatic carbocycles.